The molecule has 0 saturated heterocycles. The van der Waals surface area contributed by atoms with Crippen LogP contribution in [0.4, 0.5) is 4.39 Å². The van der Waals surface area contributed by atoms with Gasteiger partial charge in [-0.3, -0.25) is 9.59 Å². The quantitative estimate of drug-likeness (QED) is 0.571. The van der Waals surface area contributed by atoms with E-state index in [1.165, 1.54) is 30.3 Å². The van der Waals surface area contributed by atoms with Gasteiger partial charge in [0.2, 0.25) is 0 Å². The molecule has 4 nitrogen and oxygen atoms in total. The molecule has 0 amide bonds. The number of halogens is 1. The van der Waals surface area contributed by atoms with Crippen LogP contribution in [0.3, 0.4) is 0 Å². The van der Waals surface area contributed by atoms with Gasteiger partial charge in [-0.1, -0.05) is 6.08 Å². The Kier molecular flexibility index (Phi) is 5.20. The largest absolute Gasteiger partial charge is 0.481 e. The molecule has 1 atom stereocenters. The summed E-state index contributed by atoms with van der Waals surface area (Å²) in [5.74, 6) is -1.90. The van der Waals surface area contributed by atoms with Gasteiger partial charge in [-0.15, -0.1) is 6.58 Å². The normalized spacial score (nSPS) is 11.8. The molecule has 0 aliphatic rings. The first-order valence-corrected chi connectivity index (χ1v) is 5.40. The second-order valence-corrected chi connectivity index (χ2v) is 3.72. The Morgan fingerprint density at radius 1 is 1.39 bits per heavy atom. The Hall–Kier alpha value is -2.01. The second kappa shape index (κ2) is 6.66. The van der Waals surface area contributed by atoms with E-state index in [1.807, 2.05) is 0 Å². The van der Waals surface area contributed by atoms with Gasteiger partial charge in [-0.25, -0.2) is 4.39 Å². The Morgan fingerprint density at radius 3 is 2.50 bits per heavy atom. The van der Waals surface area contributed by atoms with Crippen molar-refractivity contribution in [1.82, 2.24) is 5.32 Å². The van der Waals surface area contributed by atoms with Gasteiger partial charge in [0.15, 0.2) is 5.78 Å². The second-order valence-electron chi connectivity index (χ2n) is 3.72. The van der Waals surface area contributed by atoms with Crippen molar-refractivity contribution < 1.29 is 19.1 Å². The molecule has 0 saturated carbocycles. The summed E-state index contributed by atoms with van der Waals surface area (Å²) in [5, 5.41) is 11.5. The monoisotopic (exact) mass is 251 g/mol. The van der Waals surface area contributed by atoms with Crippen molar-refractivity contribution in [2.75, 3.05) is 6.54 Å². The van der Waals surface area contributed by atoms with E-state index < -0.39 is 17.8 Å². The fourth-order valence-corrected chi connectivity index (χ4v) is 1.47. The van der Waals surface area contributed by atoms with E-state index in [0.29, 0.717) is 6.54 Å². The Labute approximate surface area is 104 Å². The molecule has 2 N–H and O–H groups in total. The Bertz CT molecular complexity index is 442. The molecule has 1 unspecified atom stereocenters. The van der Waals surface area contributed by atoms with Crippen LogP contribution in [0.5, 0.6) is 0 Å². The van der Waals surface area contributed by atoms with Crippen LogP contribution in [0, 0.1) is 5.82 Å². The maximum atomic E-state index is 12.7. The fourth-order valence-electron chi connectivity index (χ4n) is 1.47. The number of aliphatic carboxylic acids is 1. The van der Waals surface area contributed by atoms with E-state index in [0.717, 1.165) is 0 Å². The molecule has 0 spiro atoms. The van der Waals surface area contributed by atoms with Crippen LogP contribution in [0.2, 0.25) is 0 Å². The zero-order valence-electron chi connectivity index (χ0n) is 9.73. The first-order valence-electron chi connectivity index (χ1n) is 5.40. The Balaban J connectivity index is 2.83. The molecule has 0 heterocycles. The lowest BCUT2D eigenvalue weighted by Gasteiger charge is -2.14. The predicted molar refractivity (Wildman–Crippen MR) is 65.0 cm³/mol. The van der Waals surface area contributed by atoms with Gasteiger partial charge in [0.05, 0.1) is 12.5 Å². The number of carboxylic acids is 1. The van der Waals surface area contributed by atoms with Gasteiger partial charge >= 0.3 is 5.97 Å². The zero-order chi connectivity index (χ0) is 13.5. The lowest BCUT2D eigenvalue weighted by atomic mass is 10.0. The molecule has 5 heteroatoms. The molecule has 0 radical (unpaired) electrons. The molecule has 0 aliphatic carbocycles. The molecule has 0 fully saturated rings. The lowest BCUT2D eigenvalue weighted by molar-refractivity contribution is -0.137. The van der Waals surface area contributed by atoms with Gasteiger partial charge in [0.25, 0.3) is 0 Å². The van der Waals surface area contributed by atoms with Gasteiger partial charge in [-0.05, 0) is 24.3 Å². The van der Waals surface area contributed by atoms with Gasteiger partial charge in [-0.2, -0.15) is 0 Å². The highest BCUT2D eigenvalue weighted by molar-refractivity contribution is 6.01. The van der Waals surface area contributed by atoms with E-state index in [4.69, 9.17) is 5.11 Å². The molecule has 1 rings (SSSR count). The predicted octanol–water partition coefficient (Wildman–Crippen LogP) is 1.63. The summed E-state index contributed by atoms with van der Waals surface area (Å²) in [6, 6.07) is 4.16. The molecular formula is C13H14FNO3. The molecule has 1 aromatic carbocycles. The minimum Gasteiger partial charge on any atom is -0.481 e. The average molecular weight is 251 g/mol. The number of Topliss-reactive ketones (excluding diaryl/α,β-unsaturated/α-hetero) is 1. The minimum absolute atomic E-state index is 0.277. The van der Waals surface area contributed by atoms with Crippen LogP contribution < -0.4 is 5.32 Å². The molecule has 18 heavy (non-hydrogen) atoms. The summed E-state index contributed by atoms with van der Waals surface area (Å²) in [6.45, 7) is 3.81. The van der Waals surface area contributed by atoms with E-state index in [1.54, 1.807) is 0 Å². The maximum absolute atomic E-state index is 12.7. The SMILES string of the molecule is C=CCNC(CC(=O)O)C(=O)c1ccc(F)cc1. The van der Waals surface area contributed by atoms with Crippen LogP contribution in [-0.2, 0) is 4.79 Å². The summed E-state index contributed by atoms with van der Waals surface area (Å²) in [5.41, 5.74) is 0.277. The van der Waals surface area contributed by atoms with Crippen LogP contribution >= 0.6 is 0 Å². The van der Waals surface area contributed by atoms with E-state index in [9.17, 15) is 14.0 Å². The number of benzene rings is 1. The van der Waals surface area contributed by atoms with Crippen LogP contribution in [-0.4, -0.2) is 29.4 Å². The fraction of sp³-hybridized carbons (Fsp3) is 0.231. The summed E-state index contributed by atoms with van der Waals surface area (Å²) in [4.78, 5) is 22.7. The third kappa shape index (κ3) is 4.10. The topological polar surface area (TPSA) is 66.4 Å². The molecule has 0 aromatic heterocycles. The van der Waals surface area contributed by atoms with Crippen LogP contribution in [0.15, 0.2) is 36.9 Å². The number of rotatable bonds is 7. The maximum Gasteiger partial charge on any atom is 0.305 e. The highest BCUT2D eigenvalue weighted by atomic mass is 19.1. The summed E-state index contributed by atoms with van der Waals surface area (Å²) >= 11 is 0. The number of carbonyl (C=O) groups is 2. The van der Waals surface area contributed by atoms with E-state index >= 15 is 0 Å². The van der Waals surface area contributed by atoms with Gasteiger partial charge in [0, 0.05) is 12.1 Å². The molecule has 0 aliphatic heterocycles. The number of carbonyl (C=O) groups excluding carboxylic acids is 1. The van der Waals surface area contributed by atoms with Crippen molar-refractivity contribution in [2.45, 2.75) is 12.5 Å². The van der Waals surface area contributed by atoms with Crippen molar-refractivity contribution in [2.24, 2.45) is 0 Å². The highest BCUT2D eigenvalue weighted by Gasteiger charge is 2.21. The van der Waals surface area contributed by atoms with Crippen molar-refractivity contribution in [3.63, 3.8) is 0 Å². The van der Waals surface area contributed by atoms with Crippen LogP contribution in [0.25, 0.3) is 0 Å². The summed E-state index contributed by atoms with van der Waals surface area (Å²) in [7, 11) is 0. The number of nitrogens with one attached hydrogen (secondary N) is 1. The van der Waals surface area contributed by atoms with E-state index in [-0.39, 0.29) is 17.8 Å². The molecular weight excluding hydrogens is 237 g/mol. The smallest absolute Gasteiger partial charge is 0.305 e. The van der Waals surface area contributed by atoms with Crippen molar-refractivity contribution in [3.05, 3.63) is 48.3 Å². The first-order chi connectivity index (χ1) is 8.54. The number of hydrogen-bond donors (Lipinski definition) is 2. The first kappa shape index (κ1) is 14.1. The molecule has 1 aromatic rings. The van der Waals surface area contributed by atoms with Crippen molar-refractivity contribution in [1.29, 1.82) is 0 Å². The lowest BCUT2D eigenvalue weighted by Crippen LogP contribution is -2.38. The highest BCUT2D eigenvalue weighted by Crippen LogP contribution is 2.08. The molecule has 96 valence electrons. The van der Waals surface area contributed by atoms with Crippen LogP contribution in [0.1, 0.15) is 16.8 Å². The minimum atomic E-state index is -1.08. The van der Waals surface area contributed by atoms with Gasteiger partial charge in [0.1, 0.15) is 5.82 Å². The zero-order valence-corrected chi connectivity index (χ0v) is 9.73. The average Bonchev–Trinajstić information content (AvgIpc) is 2.34. The summed E-state index contributed by atoms with van der Waals surface area (Å²) < 4.78 is 12.7. The van der Waals surface area contributed by atoms with Crippen molar-refractivity contribution in [3.8, 4) is 0 Å². The van der Waals surface area contributed by atoms with Gasteiger partial charge < -0.3 is 10.4 Å². The summed E-state index contributed by atoms with van der Waals surface area (Å²) in [6.07, 6.45) is 1.21. The Morgan fingerprint density at radius 2 is 2.00 bits per heavy atom. The number of hydrogen-bond acceptors (Lipinski definition) is 3. The standard InChI is InChI=1S/C13H14FNO3/c1-2-7-15-11(8-12(16)17)13(18)9-3-5-10(14)6-4-9/h2-6,11,15H,1,7-8H2,(H,16,17). The third-order valence-electron chi connectivity index (χ3n) is 2.33. The third-order valence-corrected chi connectivity index (χ3v) is 2.33. The van der Waals surface area contributed by atoms with E-state index in [2.05, 4.69) is 11.9 Å². The molecule has 0 bridgehead atoms. The number of carboxylic acid groups (broad SMARTS) is 1. The number of ketones is 1. The van der Waals surface area contributed by atoms with Crippen molar-refractivity contribution >= 4 is 11.8 Å².